The van der Waals surface area contributed by atoms with Crippen molar-refractivity contribution in [2.75, 3.05) is 32.8 Å². The standard InChI is InChI=1S/C23H32N2O3S/c1-5-28-21-12-11-20(23(2,3)4)17-22(21)29(26,27)25-15-13-24(14-16-25)18-19-9-7-6-8-10-19/h6-12,17H,5,13-16,18H2,1-4H3. The third-order valence-electron chi connectivity index (χ3n) is 5.31. The fraction of sp³-hybridized carbons (Fsp3) is 0.478. The summed E-state index contributed by atoms with van der Waals surface area (Å²) in [5.41, 5.74) is 2.10. The molecule has 0 saturated carbocycles. The van der Waals surface area contributed by atoms with E-state index in [2.05, 4.69) is 37.8 Å². The number of hydrogen-bond acceptors (Lipinski definition) is 4. The topological polar surface area (TPSA) is 49.9 Å². The molecule has 158 valence electrons. The summed E-state index contributed by atoms with van der Waals surface area (Å²) >= 11 is 0. The Bertz CT molecular complexity index is 913. The maximum atomic E-state index is 13.5. The number of nitrogens with zero attached hydrogens (tertiary/aromatic N) is 2. The van der Waals surface area contributed by atoms with Gasteiger partial charge in [0.2, 0.25) is 10.0 Å². The van der Waals surface area contributed by atoms with Gasteiger partial charge in [-0.25, -0.2) is 8.42 Å². The monoisotopic (exact) mass is 416 g/mol. The fourth-order valence-electron chi connectivity index (χ4n) is 3.56. The number of piperazine rings is 1. The molecule has 0 aliphatic carbocycles. The van der Waals surface area contributed by atoms with Crippen molar-refractivity contribution in [3.8, 4) is 5.75 Å². The smallest absolute Gasteiger partial charge is 0.246 e. The van der Waals surface area contributed by atoms with Crippen molar-refractivity contribution in [2.24, 2.45) is 0 Å². The molecule has 0 radical (unpaired) electrons. The second-order valence-corrected chi connectivity index (χ2v) is 10.4. The highest BCUT2D eigenvalue weighted by atomic mass is 32.2. The van der Waals surface area contributed by atoms with E-state index in [1.807, 2.05) is 31.2 Å². The average Bonchev–Trinajstić information content (AvgIpc) is 2.69. The Morgan fingerprint density at radius 1 is 0.966 bits per heavy atom. The molecule has 29 heavy (non-hydrogen) atoms. The highest BCUT2D eigenvalue weighted by Crippen LogP contribution is 2.33. The van der Waals surface area contributed by atoms with Crippen molar-refractivity contribution in [1.29, 1.82) is 0 Å². The van der Waals surface area contributed by atoms with Crippen LogP contribution in [-0.2, 0) is 22.0 Å². The lowest BCUT2D eigenvalue weighted by Crippen LogP contribution is -2.48. The molecule has 0 N–H and O–H groups in total. The van der Waals surface area contributed by atoms with Crippen LogP contribution in [0.4, 0.5) is 0 Å². The number of sulfonamides is 1. The van der Waals surface area contributed by atoms with Gasteiger partial charge in [-0.05, 0) is 35.6 Å². The molecule has 2 aromatic carbocycles. The van der Waals surface area contributed by atoms with E-state index >= 15 is 0 Å². The third kappa shape index (κ3) is 5.18. The fourth-order valence-corrected chi connectivity index (χ4v) is 5.14. The van der Waals surface area contributed by atoms with Crippen LogP contribution in [0.15, 0.2) is 53.4 Å². The summed E-state index contributed by atoms with van der Waals surface area (Å²) in [6, 6.07) is 15.8. The molecule has 0 unspecified atom stereocenters. The van der Waals surface area contributed by atoms with E-state index < -0.39 is 10.0 Å². The first-order valence-electron chi connectivity index (χ1n) is 10.3. The Kier molecular flexibility index (Phi) is 6.66. The lowest BCUT2D eigenvalue weighted by Gasteiger charge is -2.34. The summed E-state index contributed by atoms with van der Waals surface area (Å²) in [7, 11) is -3.61. The molecule has 0 spiro atoms. The van der Waals surface area contributed by atoms with Crippen molar-refractivity contribution < 1.29 is 13.2 Å². The van der Waals surface area contributed by atoms with Crippen molar-refractivity contribution >= 4 is 10.0 Å². The predicted octanol–water partition coefficient (Wildman–Crippen LogP) is 3.89. The number of benzene rings is 2. The Morgan fingerprint density at radius 2 is 1.62 bits per heavy atom. The van der Waals surface area contributed by atoms with E-state index in [1.165, 1.54) is 5.56 Å². The van der Waals surface area contributed by atoms with Gasteiger partial charge in [-0.1, -0.05) is 57.2 Å². The summed E-state index contributed by atoms with van der Waals surface area (Å²) in [6.07, 6.45) is 0. The second-order valence-electron chi connectivity index (χ2n) is 8.51. The minimum absolute atomic E-state index is 0.136. The van der Waals surface area contributed by atoms with Gasteiger partial charge in [0.15, 0.2) is 0 Å². The van der Waals surface area contributed by atoms with Gasteiger partial charge in [-0.2, -0.15) is 4.31 Å². The van der Waals surface area contributed by atoms with Gasteiger partial charge in [-0.15, -0.1) is 0 Å². The normalized spacial score (nSPS) is 16.7. The van der Waals surface area contributed by atoms with E-state index in [9.17, 15) is 8.42 Å². The van der Waals surface area contributed by atoms with E-state index in [0.29, 0.717) is 25.4 Å². The molecule has 1 heterocycles. The minimum Gasteiger partial charge on any atom is -0.492 e. The first-order chi connectivity index (χ1) is 13.7. The molecule has 0 aromatic heterocycles. The van der Waals surface area contributed by atoms with Gasteiger partial charge < -0.3 is 4.74 Å². The number of ether oxygens (including phenoxy) is 1. The molecule has 1 saturated heterocycles. The molecule has 6 heteroatoms. The molecule has 1 aliphatic rings. The van der Waals surface area contributed by atoms with Crippen molar-refractivity contribution in [2.45, 2.75) is 44.6 Å². The number of hydrogen-bond donors (Lipinski definition) is 0. The summed E-state index contributed by atoms with van der Waals surface area (Å²) in [6.45, 7) is 11.8. The molecule has 5 nitrogen and oxygen atoms in total. The minimum atomic E-state index is -3.61. The maximum absolute atomic E-state index is 13.5. The Hall–Kier alpha value is -1.89. The van der Waals surface area contributed by atoms with Gasteiger partial charge in [-0.3, -0.25) is 4.90 Å². The van der Waals surface area contributed by atoms with Crippen LogP contribution in [0, 0.1) is 0 Å². The van der Waals surface area contributed by atoms with E-state index in [4.69, 9.17) is 4.74 Å². The summed E-state index contributed by atoms with van der Waals surface area (Å²) in [4.78, 5) is 2.58. The van der Waals surface area contributed by atoms with Gasteiger partial charge in [0.25, 0.3) is 0 Å². The summed E-state index contributed by atoms with van der Waals surface area (Å²) < 4.78 is 34.2. The van der Waals surface area contributed by atoms with Crippen LogP contribution >= 0.6 is 0 Å². The van der Waals surface area contributed by atoms with Crippen molar-refractivity contribution in [1.82, 2.24) is 9.21 Å². The Labute approximate surface area is 175 Å². The third-order valence-corrected chi connectivity index (χ3v) is 7.23. The first kappa shape index (κ1) is 21.8. The SMILES string of the molecule is CCOc1ccc(C(C)(C)C)cc1S(=O)(=O)N1CCN(Cc2ccccc2)CC1. The number of rotatable bonds is 6. The highest BCUT2D eigenvalue weighted by Gasteiger charge is 2.32. The average molecular weight is 417 g/mol. The van der Waals surface area contributed by atoms with Gasteiger partial charge >= 0.3 is 0 Å². The van der Waals surface area contributed by atoms with Crippen LogP contribution < -0.4 is 4.74 Å². The lowest BCUT2D eigenvalue weighted by atomic mass is 9.87. The highest BCUT2D eigenvalue weighted by molar-refractivity contribution is 7.89. The molecule has 1 aliphatic heterocycles. The van der Waals surface area contributed by atoms with Crippen LogP contribution in [0.1, 0.15) is 38.8 Å². The molecular formula is C23H32N2O3S. The molecule has 0 atom stereocenters. The van der Waals surface area contributed by atoms with Crippen LogP contribution in [0.25, 0.3) is 0 Å². The quantitative estimate of drug-likeness (QED) is 0.717. The Balaban J connectivity index is 1.78. The van der Waals surface area contributed by atoms with Crippen LogP contribution in [0.5, 0.6) is 5.75 Å². The van der Waals surface area contributed by atoms with Crippen LogP contribution in [0.3, 0.4) is 0 Å². The van der Waals surface area contributed by atoms with Gasteiger partial charge in [0.05, 0.1) is 6.61 Å². The summed E-state index contributed by atoms with van der Waals surface area (Å²) in [5, 5.41) is 0. The van der Waals surface area contributed by atoms with Crippen molar-refractivity contribution in [3.63, 3.8) is 0 Å². The molecule has 1 fully saturated rings. The molecular weight excluding hydrogens is 384 g/mol. The van der Waals surface area contributed by atoms with Gasteiger partial charge in [0.1, 0.15) is 10.6 Å². The zero-order valence-electron chi connectivity index (χ0n) is 17.9. The maximum Gasteiger partial charge on any atom is 0.246 e. The second kappa shape index (κ2) is 8.86. The van der Waals surface area contributed by atoms with E-state index in [-0.39, 0.29) is 10.3 Å². The zero-order valence-corrected chi connectivity index (χ0v) is 18.7. The summed E-state index contributed by atoms with van der Waals surface area (Å²) in [5.74, 6) is 0.437. The van der Waals surface area contributed by atoms with E-state index in [1.54, 1.807) is 16.4 Å². The van der Waals surface area contributed by atoms with Gasteiger partial charge in [0, 0.05) is 32.7 Å². The zero-order chi connectivity index (χ0) is 21.1. The largest absolute Gasteiger partial charge is 0.492 e. The molecule has 0 bridgehead atoms. The lowest BCUT2D eigenvalue weighted by molar-refractivity contribution is 0.181. The van der Waals surface area contributed by atoms with Crippen molar-refractivity contribution in [3.05, 3.63) is 59.7 Å². The van der Waals surface area contributed by atoms with Crippen LogP contribution in [0.2, 0.25) is 0 Å². The molecule has 3 rings (SSSR count). The molecule has 2 aromatic rings. The predicted molar refractivity (Wildman–Crippen MR) is 117 cm³/mol. The Morgan fingerprint density at radius 3 is 2.21 bits per heavy atom. The first-order valence-corrected chi connectivity index (χ1v) is 11.7. The molecule has 0 amide bonds. The van der Waals surface area contributed by atoms with Crippen LogP contribution in [-0.4, -0.2) is 50.4 Å². The van der Waals surface area contributed by atoms with E-state index in [0.717, 1.165) is 25.2 Å².